The molecule has 0 spiro atoms. The largest absolute Gasteiger partial charge is 0.331 e. The van der Waals surface area contributed by atoms with Crippen molar-refractivity contribution in [3.63, 3.8) is 0 Å². The first kappa shape index (κ1) is 15.6. The van der Waals surface area contributed by atoms with Gasteiger partial charge >= 0.3 is 6.03 Å². The van der Waals surface area contributed by atoms with E-state index in [1.165, 1.54) is 0 Å². The molecule has 1 fully saturated rings. The summed E-state index contributed by atoms with van der Waals surface area (Å²) in [5.74, 6) is 0. The molecular weight excluding hydrogens is 286 g/mol. The molecule has 0 atom stereocenters. The van der Waals surface area contributed by atoms with Crippen molar-refractivity contribution in [1.29, 1.82) is 0 Å². The summed E-state index contributed by atoms with van der Waals surface area (Å²) in [7, 11) is 0. The summed E-state index contributed by atoms with van der Waals surface area (Å²) in [6.07, 6.45) is 0. The van der Waals surface area contributed by atoms with Gasteiger partial charge in [-0.3, -0.25) is 14.7 Å². The van der Waals surface area contributed by atoms with Crippen molar-refractivity contribution in [1.82, 2.24) is 4.90 Å². The van der Waals surface area contributed by atoms with Crippen molar-refractivity contribution < 1.29 is 4.79 Å². The molecule has 0 aromatic heterocycles. The first-order chi connectivity index (χ1) is 11.0. The molecule has 23 heavy (non-hydrogen) atoms. The van der Waals surface area contributed by atoms with Crippen LogP contribution < -0.4 is 9.80 Å². The van der Waals surface area contributed by atoms with Gasteiger partial charge in [-0.2, -0.15) is 0 Å². The van der Waals surface area contributed by atoms with Gasteiger partial charge < -0.3 is 0 Å². The van der Waals surface area contributed by atoms with E-state index in [1.54, 1.807) is 0 Å². The Bertz CT molecular complexity index is 613. The molecule has 1 heterocycles. The third-order valence-corrected chi connectivity index (χ3v) is 4.17. The highest BCUT2D eigenvalue weighted by molar-refractivity contribution is 6.04. The van der Waals surface area contributed by atoms with Crippen LogP contribution in [0.3, 0.4) is 0 Å². The van der Waals surface area contributed by atoms with Crippen LogP contribution in [0.4, 0.5) is 16.2 Å². The molecule has 2 amide bonds. The number of carbonyl (C=O) groups excluding carboxylic acids is 1. The third kappa shape index (κ3) is 3.22. The average Bonchev–Trinajstić information content (AvgIpc) is 2.55. The fourth-order valence-corrected chi connectivity index (χ4v) is 2.68. The highest BCUT2D eigenvalue weighted by Crippen LogP contribution is 2.28. The molecule has 2 aromatic carbocycles. The van der Waals surface area contributed by atoms with Gasteiger partial charge in [0.2, 0.25) is 0 Å². The van der Waals surface area contributed by atoms with Crippen LogP contribution in [0.25, 0.3) is 0 Å². The zero-order valence-corrected chi connectivity index (χ0v) is 13.9. The number of carbonyl (C=O) groups is 1. The van der Waals surface area contributed by atoms with Crippen molar-refractivity contribution in [3.05, 3.63) is 60.7 Å². The molecule has 0 aliphatic carbocycles. The number of benzene rings is 2. The lowest BCUT2D eigenvalue weighted by Crippen LogP contribution is -2.63. The molecular formula is C19H23N3O. The van der Waals surface area contributed by atoms with Gasteiger partial charge in [-0.15, -0.1) is 0 Å². The Morgan fingerprint density at radius 2 is 1.13 bits per heavy atom. The minimum absolute atomic E-state index is 0.0166. The first-order valence-electron chi connectivity index (χ1n) is 7.91. The SMILES string of the molecule is CC(C)(C)N1CN(c2ccccc2)C(=O)N(c2ccccc2)C1. The highest BCUT2D eigenvalue weighted by Gasteiger charge is 2.36. The molecule has 1 saturated heterocycles. The summed E-state index contributed by atoms with van der Waals surface area (Å²) in [5.41, 5.74) is 1.82. The molecule has 0 bridgehead atoms. The topological polar surface area (TPSA) is 26.8 Å². The summed E-state index contributed by atoms with van der Waals surface area (Å²) in [5, 5.41) is 0. The van der Waals surface area contributed by atoms with Gasteiger partial charge in [0.1, 0.15) is 0 Å². The second kappa shape index (κ2) is 6.05. The van der Waals surface area contributed by atoms with Crippen LogP contribution in [0.2, 0.25) is 0 Å². The molecule has 1 aliphatic heterocycles. The lowest BCUT2D eigenvalue weighted by atomic mass is 10.1. The van der Waals surface area contributed by atoms with E-state index < -0.39 is 0 Å². The fraction of sp³-hybridized carbons (Fsp3) is 0.316. The van der Waals surface area contributed by atoms with Crippen LogP contribution in [0.15, 0.2) is 60.7 Å². The molecule has 3 rings (SSSR count). The number of nitrogens with zero attached hydrogens (tertiary/aromatic N) is 3. The lowest BCUT2D eigenvalue weighted by molar-refractivity contribution is 0.125. The molecule has 120 valence electrons. The Hall–Kier alpha value is -2.33. The quantitative estimate of drug-likeness (QED) is 0.833. The van der Waals surface area contributed by atoms with Crippen molar-refractivity contribution in [2.24, 2.45) is 0 Å². The highest BCUT2D eigenvalue weighted by atomic mass is 16.2. The van der Waals surface area contributed by atoms with Gasteiger partial charge in [-0.05, 0) is 45.0 Å². The van der Waals surface area contributed by atoms with Crippen LogP contribution in [0, 0.1) is 0 Å². The lowest BCUT2D eigenvalue weighted by Gasteiger charge is -2.47. The van der Waals surface area contributed by atoms with Gasteiger partial charge in [0.15, 0.2) is 0 Å². The third-order valence-electron chi connectivity index (χ3n) is 4.17. The zero-order valence-electron chi connectivity index (χ0n) is 13.9. The van der Waals surface area contributed by atoms with Crippen molar-refractivity contribution >= 4 is 17.4 Å². The van der Waals surface area contributed by atoms with E-state index in [9.17, 15) is 4.79 Å². The molecule has 4 nitrogen and oxygen atoms in total. The van der Waals surface area contributed by atoms with E-state index in [-0.39, 0.29) is 11.6 Å². The Morgan fingerprint density at radius 3 is 1.48 bits per heavy atom. The fourth-order valence-electron chi connectivity index (χ4n) is 2.68. The van der Waals surface area contributed by atoms with Gasteiger partial charge in [0.05, 0.1) is 13.3 Å². The van der Waals surface area contributed by atoms with E-state index in [1.807, 2.05) is 70.5 Å². The van der Waals surface area contributed by atoms with Gasteiger partial charge in [0.25, 0.3) is 0 Å². The van der Waals surface area contributed by atoms with E-state index in [0.29, 0.717) is 13.3 Å². The molecule has 4 heteroatoms. The molecule has 1 aliphatic rings. The number of amides is 2. The average molecular weight is 309 g/mol. The number of hydrogen-bond acceptors (Lipinski definition) is 2. The van der Waals surface area contributed by atoms with Crippen molar-refractivity contribution in [2.75, 3.05) is 23.1 Å². The summed E-state index contributed by atoms with van der Waals surface area (Å²) in [6, 6.07) is 19.7. The second-order valence-corrected chi connectivity index (χ2v) is 6.80. The molecule has 2 aromatic rings. The number of para-hydroxylation sites is 2. The summed E-state index contributed by atoms with van der Waals surface area (Å²) < 4.78 is 0. The number of hydrogen-bond donors (Lipinski definition) is 0. The summed E-state index contributed by atoms with van der Waals surface area (Å²) >= 11 is 0. The van der Waals surface area contributed by atoms with Crippen LogP contribution in [-0.4, -0.2) is 29.8 Å². The Kier molecular flexibility index (Phi) is 4.09. The number of anilines is 2. The van der Waals surface area contributed by atoms with E-state index in [4.69, 9.17) is 0 Å². The minimum atomic E-state index is -0.0270. The Labute approximate surface area is 137 Å². The first-order valence-corrected chi connectivity index (χ1v) is 7.91. The van der Waals surface area contributed by atoms with Gasteiger partial charge in [-0.1, -0.05) is 36.4 Å². The maximum atomic E-state index is 13.0. The zero-order chi connectivity index (χ0) is 16.4. The monoisotopic (exact) mass is 309 g/mol. The van der Waals surface area contributed by atoms with E-state index in [0.717, 1.165) is 11.4 Å². The normalized spacial score (nSPS) is 16.7. The van der Waals surface area contributed by atoms with Crippen molar-refractivity contribution in [2.45, 2.75) is 26.3 Å². The molecule has 0 N–H and O–H groups in total. The summed E-state index contributed by atoms with van der Waals surface area (Å²) in [4.78, 5) is 19.0. The van der Waals surface area contributed by atoms with E-state index in [2.05, 4.69) is 25.7 Å². The van der Waals surface area contributed by atoms with Crippen LogP contribution in [0.5, 0.6) is 0 Å². The molecule has 0 radical (unpaired) electrons. The Morgan fingerprint density at radius 1 is 0.739 bits per heavy atom. The van der Waals surface area contributed by atoms with Crippen LogP contribution in [-0.2, 0) is 0 Å². The maximum absolute atomic E-state index is 13.0. The number of rotatable bonds is 2. The standard InChI is InChI=1S/C19H23N3O/c1-19(2,3)20-14-21(16-10-6-4-7-11-16)18(23)22(15-20)17-12-8-5-9-13-17/h4-13H,14-15H2,1-3H3. The molecule has 0 saturated carbocycles. The van der Waals surface area contributed by atoms with Crippen LogP contribution in [0.1, 0.15) is 20.8 Å². The van der Waals surface area contributed by atoms with Gasteiger partial charge in [-0.25, -0.2) is 4.79 Å². The maximum Gasteiger partial charge on any atom is 0.331 e. The number of urea groups is 1. The van der Waals surface area contributed by atoms with Crippen LogP contribution >= 0.6 is 0 Å². The Balaban J connectivity index is 1.98. The smallest absolute Gasteiger partial charge is 0.280 e. The minimum Gasteiger partial charge on any atom is -0.280 e. The second-order valence-electron chi connectivity index (χ2n) is 6.80. The van der Waals surface area contributed by atoms with E-state index >= 15 is 0 Å². The predicted octanol–water partition coefficient (Wildman–Crippen LogP) is 4.15. The predicted molar refractivity (Wildman–Crippen MR) is 94.6 cm³/mol. The molecule has 0 unspecified atom stereocenters. The van der Waals surface area contributed by atoms with Gasteiger partial charge in [0, 0.05) is 16.9 Å². The van der Waals surface area contributed by atoms with Crippen molar-refractivity contribution in [3.8, 4) is 0 Å². The summed E-state index contributed by atoms with van der Waals surface area (Å²) in [6.45, 7) is 7.71.